The molecule has 0 bridgehead atoms. The Labute approximate surface area is 118 Å². The van der Waals surface area contributed by atoms with Gasteiger partial charge in [-0.1, -0.05) is 39.1 Å². The Morgan fingerprint density at radius 2 is 2.05 bits per heavy atom. The lowest BCUT2D eigenvalue weighted by molar-refractivity contribution is -0.139. The molecule has 1 N–H and O–H groups in total. The number of nitrogens with one attached hydrogen (secondary N) is 1. The van der Waals surface area contributed by atoms with Crippen molar-refractivity contribution < 1.29 is 13.9 Å². The number of halogens is 1. The van der Waals surface area contributed by atoms with Gasteiger partial charge in [-0.25, -0.2) is 4.39 Å². The molecule has 0 saturated heterocycles. The molecule has 0 spiro atoms. The second-order valence-electron chi connectivity index (χ2n) is 5.27. The van der Waals surface area contributed by atoms with Gasteiger partial charge in [0.2, 0.25) is 0 Å². The van der Waals surface area contributed by atoms with Gasteiger partial charge in [0.1, 0.15) is 5.82 Å². The van der Waals surface area contributed by atoms with E-state index >= 15 is 0 Å². The normalized spacial score (nSPS) is 11.0. The predicted octanol–water partition coefficient (Wildman–Crippen LogP) is 3.33. The fraction of sp³-hybridized carbons (Fsp3) is 0.429. The van der Waals surface area contributed by atoms with Crippen LogP contribution in [0, 0.1) is 11.2 Å². The van der Waals surface area contributed by atoms with Crippen molar-refractivity contribution in [3.05, 3.63) is 29.6 Å². The van der Waals surface area contributed by atoms with Crippen LogP contribution in [0.15, 0.2) is 18.2 Å². The molecule has 0 atom stereocenters. The van der Waals surface area contributed by atoms with Gasteiger partial charge >= 0.3 is 5.97 Å². The molecule has 0 saturated carbocycles. The first-order valence-corrected chi connectivity index (χ1v) is 6.31. The third kappa shape index (κ3) is 4.59. The summed E-state index contributed by atoms with van der Waals surface area (Å²) in [6.07, 6.45) is 0.105. The number of methoxy groups -OCH3 is 1. The average molecular weight is 283 g/mol. The summed E-state index contributed by atoms with van der Waals surface area (Å²) in [4.78, 5) is 11.7. The molecular weight excluding hydrogens is 265 g/mol. The minimum Gasteiger partial charge on any atom is -0.469 e. The molecule has 19 heavy (non-hydrogen) atoms. The summed E-state index contributed by atoms with van der Waals surface area (Å²) in [5.74, 6) is -0.767. The number of carbonyl (C=O) groups excluding carboxylic acids is 1. The number of rotatable bonds is 3. The van der Waals surface area contributed by atoms with E-state index in [1.165, 1.54) is 13.2 Å². The van der Waals surface area contributed by atoms with E-state index < -0.39 is 5.82 Å². The summed E-state index contributed by atoms with van der Waals surface area (Å²) in [7, 11) is 1.32. The van der Waals surface area contributed by atoms with Crippen molar-refractivity contribution in [2.24, 2.45) is 5.41 Å². The van der Waals surface area contributed by atoms with Crippen LogP contribution in [0.1, 0.15) is 26.3 Å². The second-order valence-corrected chi connectivity index (χ2v) is 5.68. The van der Waals surface area contributed by atoms with Gasteiger partial charge in [-0.2, -0.15) is 0 Å². The molecule has 0 amide bonds. The van der Waals surface area contributed by atoms with E-state index in [0.29, 0.717) is 10.6 Å². The molecule has 1 aromatic carbocycles. The quantitative estimate of drug-likeness (QED) is 0.682. The number of hydrogen-bond donors (Lipinski definition) is 1. The van der Waals surface area contributed by atoms with E-state index in [-0.39, 0.29) is 23.5 Å². The van der Waals surface area contributed by atoms with E-state index in [1.54, 1.807) is 12.1 Å². The molecule has 0 unspecified atom stereocenters. The maximum Gasteiger partial charge on any atom is 0.309 e. The molecule has 3 nitrogen and oxygen atoms in total. The highest BCUT2D eigenvalue weighted by Crippen LogP contribution is 2.22. The molecule has 0 aromatic heterocycles. The van der Waals surface area contributed by atoms with Crippen molar-refractivity contribution in [3.63, 3.8) is 0 Å². The lowest BCUT2D eigenvalue weighted by atomic mass is 9.96. The molecular formula is C14H18FNO2S. The zero-order valence-electron chi connectivity index (χ0n) is 11.5. The first kappa shape index (κ1) is 15.6. The highest BCUT2D eigenvalue weighted by Gasteiger charge is 2.18. The Morgan fingerprint density at radius 1 is 1.42 bits per heavy atom. The summed E-state index contributed by atoms with van der Waals surface area (Å²) in [6, 6.07) is 4.44. The van der Waals surface area contributed by atoms with Crippen LogP contribution in [0.25, 0.3) is 0 Å². The summed E-state index contributed by atoms with van der Waals surface area (Å²) < 4.78 is 18.3. The van der Waals surface area contributed by atoms with Gasteiger partial charge in [0.15, 0.2) is 0 Å². The van der Waals surface area contributed by atoms with Gasteiger partial charge in [-0.3, -0.25) is 4.79 Å². The lowest BCUT2D eigenvalue weighted by Crippen LogP contribution is -2.26. The first-order chi connectivity index (χ1) is 8.74. The number of carbonyl (C=O) groups is 1. The van der Waals surface area contributed by atoms with Crippen molar-refractivity contribution in [1.29, 1.82) is 0 Å². The summed E-state index contributed by atoms with van der Waals surface area (Å²) >= 11 is 5.22. The van der Waals surface area contributed by atoms with Crippen LogP contribution in [0.3, 0.4) is 0 Å². The highest BCUT2D eigenvalue weighted by atomic mass is 32.1. The maximum absolute atomic E-state index is 13.7. The van der Waals surface area contributed by atoms with E-state index in [2.05, 4.69) is 10.1 Å². The number of hydrogen-bond acceptors (Lipinski definition) is 3. The maximum atomic E-state index is 13.7. The monoisotopic (exact) mass is 283 g/mol. The van der Waals surface area contributed by atoms with E-state index in [1.807, 2.05) is 20.8 Å². The Morgan fingerprint density at radius 3 is 2.58 bits per heavy atom. The Kier molecular flexibility index (Phi) is 5.00. The molecule has 0 aliphatic carbocycles. The molecule has 5 heteroatoms. The lowest BCUT2D eigenvalue weighted by Gasteiger charge is -2.21. The van der Waals surface area contributed by atoms with Crippen LogP contribution in [-0.2, 0) is 16.0 Å². The van der Waals surface area contributed by atoms with E-state index in [4.69, 9.17) is 12.2 Å². The van der Waals surface area contributed by atoms with Gasteiger partial charge in [-0.15, -0.1) is 0 Å². The number of thiocarbonyl (C=S) groups is 1. The van der Waals surface area contributed by atoms with Crippen LogP contribution in [0.5, 0.6) is 0 Å². The molecule has 0 aliphatic rings. The molecule has 104 valence electrons. The molecule has 0 aliphatic heterocycles. The SMILES string of the molecule is COC(=O)Cc1ccc(F)c(NC(=S)C(C)(C)C)c1. The smallest absolute Gasteiger partial charge is 0.309 e. The van der Waals surface area contributed by atoms with Gasteiger partial charge in [-0.05, 0) is 17.7 Å². The average Bonchev–Trinajstić information content (AvgIpc) is 2.32. The number of esters is 1. The fourth-order valence-electron chi connectivity index (χ4n) is 1.33. The van der Waals surface area contributed by atoms with Crippen molar-refractivity contribution in [2.45, 2.75) is 27.2 Å². The number of ether oxygens (including phenoxy) is 1. The number of benzene rings is 1. The minimum atomic E-state index is -0.403. The summed E-state index contributed by atoms with van der Waals surface area (Å²) in [6.45, 7) is 5.83. The topological polar surface area (TPSA) is 38.3 Å². The predicted molar refractivity (Wildman–Crippen MR) is 77.8 cm³/mol. The highest BCUT2D eigenvalue weighted by molar-refractivity contribution is 7.80. The van der Waals surface area contributed by atoms with Crippen molar-refractivity contribution >= 4 is 28.9 Å². The van der Waals surface area contributed by atoms with Crippen molar-refractivity contribution in [2.75, 3.05) is 12.4 Å². The van der Waals surface area contributed by atoms with Crippen LogP contribution in [0.4, 0.5) is 10.1 Å². The van der Waals surface area contributed by atoms with Crippen LogP contribution >= 0.6 is 12.2 Å². The zero-order chi connectivity index (χ0) is 14.6. The molecule has 0 radical (unpaired) electrons. The Hall–Kier alpha value is -1.49. The van der Waals surface area contributed by atoms with E-state index in [9.17, 15) is 9.18 Å². The number of anilines is 1. The van der Waals surface area contributed by atoms with Gasteiger partial charge in [0.05, 0.1) is 24.2 Å². The summed E-state index contributed by atoms with van der Waals surface area (Å²) in [5, 5.41) is 2.89. The van der Waals surface area contributed by atoms with Gasteiger partial charge in [0, 0.05) is 5.41 Å². The van der Waals surface area contributed by atoms with Crippen molar-refractivity contribution in [3.8, 4) is 0 Å². The first-order valence-electron chi connectivity index (χ1n) is 5.90. The Balaban J connectivity index is 2.92. The fourth-order valence-corrected chi connectivity index (χ4v) is 1.44. The third-order valence-corrected chi connectivity index (χ3v) is 3.25. The molecule has 1 aromatic rings. The van der Waals surface area contributed by atoms with Crippen LogP contribution in [0.2, 0.25) is 0 Å². The second kappa shape index (κ2) is 6.10. The zero-order valence-corrected chi connectivity index (χ0v) is 12.4. The minimum absolute atomic E-state index is 0.105. The van der Waals surface area contributed by atoms with E-state index in [0.717, 1.165) is 0 Å². The standard InChI is InChI=1S/C14H18FNO2S/c1-14(2,3)13(19)16-11-7-9(5-6-10(11)15)8-12(17)18-4/h5-7H,8H2,1-4H3,(H,16,19). The Bertz CT molecular complexity index is 495. The largest absolute Gasteiger partial charge is 0.469 e. The molecule has 1 rings (SSSR count). The van der Waals surface area contributed by atoms with Crippen LogP contribution < -0.4 is 5.32 Å². The van der Waals surface area contributed by atoms with Crippen LogP contribution in [-0.4, -0.2) is 18.1 Å². The summed E-state index contributed by atoms with van der Waals surface area (Å²) in [5.41, 5.74) is 0.703. The molecule has 0 heterocycles. The van der Waals surface area contributed by atoms with Gasteiger partial charge < -0.3 is 10.1 Å². The van der Waals surface area contributed by atoms with Gasteiger partial charge in [0.25, 0.3) is 0 Å². The van der Waals surface area contributed by atoms with Crippen molar-refractivity contribution in [1.82, 2.24) is 0 Å². The molecule has 0 fully saturated rings. The third-order valence-electron chi connectivity index (χ3n) is 2.54.